The van der Waals surface area contributed by atoms with E-state index in [0.717, 1.165) is 11.1 Å². The summed E-state index contributed by atoms with van der Waals surface area (Å²) in [7, 11) is 0. The van der Waals surface area contributed by atoms with Crippen LogP contribution in [0.1, 0.15) is 16.7 Å². The first-order valence-electron chi connectivity index (χ1n) is 7.24. The first-order valence-corrected chi connectivity index (χ1v) is 7.24. The average Bonchev–Trinajstić information content (AvgIpc) is 2.52. The Morgan fingerprint density at radius 2 is 1.62 bits per heavy atom. The number of hydrogen-bond donors (Lipinski definition) is 2. The first kappa shape index (κ1) is 17.7. The third-order valence-electron chi connectivity index (χ3n) is 3.31. The van der Waals surface area contributed by atoms with Crippen molar-refractivity contribution in [2.45, 2.75) is 26.4 Å². The molecule has 2 amide bonds. The van der Waals surface area contributed by atoms with Crippen LogP contribution >= 0.6 is 0 Å². The van der Waals surface area contributed by atoms with Crippen molar-refractivity contribution in [2.75, 3.05) is 0 Å². The highest BCUT2D eigenvalue weighted by molar-refractivity contribution is 5.73. The van der Waals surface area contributed by atoms with E-state index < -0.39 is 6.36 Å². The molecule has 24 heavy (non-hydrogen) atoms. The molecule has 0 radical (unpaired) electrons. The number of alkyl halides is 3. The van der Waals surface area contributed by atoms with Gasteiger partial charge in [-0.2, -0.15) is 0 Å². The van der Waals surface area contributed by atoms with Gasteiger partial charge in [0.25, 0.3) is 0 Å². The molecule has 0 atom stereocenters. The van der Waals surface area contributed by atoms with Crippen LogP contribution in [0.25, 0.3) is 0 Å². The summed E-state index contributed by atoms with van der Waals surface area (Å²) >= 11 is 0. The summed E-state index contributed by atoms with van der Waals surface area (Å²) in [6.07, 6.45) is -4.71. The van der Waals surface area contributed by atoms with Crippen LogP contribution in [0.5, 0.6) is 5.75 Å². The molecule has 2 aromatic rings. The standard InChI is InChI=1S/C17H17F3N2O2/c1-12-4-2-3-5-14(12)11-22-16(23)21-10-13-6-8-15(9-7-13)24-17(18,19)20/h2-9H,10-11H2,1H3,(H2,21,22,23). The number of halogens is 3. The molecule has 0 fully saturated rings. The largest absolute Gasteiger partial charge is 0.573 e. The number of carbonyl (C=O) groups excluding carboxylic acids is 1. The lowest BCUT2D eigenvalue weighted by Crippen LogP contribution is -2.34. The van der Waals surface area contributed by atoms with Gasteiger partial charge in [0.2, 0.25) is 0 Å². The molecule has 0 unspecified atom stereocenters. The number of hydrogen-bond acceptors (Lipinski definition) is 2. The van der Waals surface area contributed by atoms with Crippen LogP contribution in [-0.4, -0.2) is 12.4 Å². The lowest BCUT2D eigenvalue weighted by atomic mass is 10.1. The van der Waals surface area contributed by atoms with Gasteiger partial charge in [-0.05, 0) is 35.7 Å². The van der Waals surface area contributed by atoms with Crippen molar-refractivity contribution in [1.29, 1.82) is 0 Å². The monoisotopic (exact) mass is 338 g/mol. The fourth-order valence-electron chi connectivity index (χ4n) is 2.04. The maximum atomic E-state index is 12.1. The molecule has 0 spiro atoms. The summed E-state index contributed by atoms with van der Waals surface area (Å²) in [6, 6.07) is 12.7. The summed E-state index contributed by atoms with van der Waals surface area (Å²) < 4.78 is 40.0. The molecule has 4 nitrogen and oxygen atoms in total. The average molecular weight is 338 g/mol. The Bertz CT molecular complexity index is 685. The van der Waals surface area contributed by atoms with Gasteiger partial charge in [0.15, 0.2) is 0 Å². The number of ether oxygens (including phenoxy) is 1. The third kappa shape index (κ3) is 5.83. The van der Waals surface area contributed by atoms with Gasteiger partial charge in [0.05, 0.1) is 0 Å². The van der Waals surface area contributed by atoms with Crippen LogP contribution in [0.15, 0.2) is 48.5 Å². The van der Waals surface area contributed by atoms with Crippen molar-refractivity contribution in [3.05, 3.63) is 65.2 Å². The molecular formula is C17H17F3N2O2. The molecule has 7 heteroatoms. The van der Waals surface area contributed by atoms with Crippen LogP contribution in [0, 0.1) is 6.92 Å². The molecule has 0 heterocycles. The van der Waals surface area contributed by atoms with Crippen LogP contribution in [0.3, 0.4) is 0 Å². The molecule has 2 N–H and O–H groups in total. The van der Waals surface area contributed by atoms with Gasteiger partial charge in [-0.1, -0.05) is 36.4 Å². The van der Waals surface area contributed by atoms with Crippen molar-refractivity contribution < 1.29 is 22.7 Å². The van der Waals surface area contributed by atoms with E-state index in [0.29, 0.717) is 12.1 Å². The van der Waals surface area contributed by atoms with Gasteiger partial charge in [-0.25, -0.2) is 4.79 Å². The van der Waals surface area contributed by atoms with Crippen LogP contribution in [0.2, 0.25) is 0 Å². The minimum atomic E-state index is -4.71. The van der Waals surface area contributed by atoms with Gasteiger partial charge in [-0.3, -0.25) is 0 Å². The van der Waals surface area contributed by atoms with Gasteiger partial charge < -0.3 is 15.4 Å². The third-order valence-corrected chi connectivity index (χ3v) is 3.31. The van der Waals surface area contributed by atoms with E-state index in [1.807, 2.05) is 31.2 Å². The number of amides is 2. The van der Waals surface area contributed by atoms with Gasteiger partial charge in [0, 0.05) is 13.1 Å². The zero-order valence-electron chi connectivity index (χ0n) is 13.0. The van der Waals surface area contributed by atoms with Crippen LogP contribution in [-0.2, 0) is 13.1 Å². The number of carbonyl (C=O) groups is 1. The fourth-order valence-corrected chi connectivity index (χ4v) is 2.04. The molecular weight excluding hydrogens is 321 g/mol. The molecule has 128 valence electrons. The minimum absolute atomic E-state index is 0.200. The first-order chi connectivity index (χ1) is 11.3. The van der Waals surface area contributed by atoms with Crippen molar-refractivity contribution in [3.63, 3.8) is 0 Å². The maximum absolute atomic E-state index is 12.1. The molecule has 0 saturated heterocycles. The predicted molar refractivity (Wildman–Crippen MR) is 83.4 cm³/mol. The molecule has 0 aliphatic carbocycles. The summed E-state index contributed by atoms with van der Waals surface area (Å²) in [5.74, 6) is -0.296. The van der Waals surface area contributed by atoms with Crippen molar-refractivity contribution in [1.82, 2.24) is 10.6 Å². The SMILES string of the molecule is Cc1ccccc1CNC(=O)NCc1ccc(OC(F)(F)F)cc1. The van der Waals surface area contributed by atoms with Gasteiger partial charge in [0.1, 0.15) is 5.75 Å². The number of nitrogens with one attached hydrogen (secondary N) is 2. The predicted octanol–water partition coefficient (Wildman–Crippen LogP) is 3.89. The molecule has 2 rings (SSSR count). The maximum Gasteiger partial charge on any atom is 0.573 e. The second-order valence-corrected chi connectivity index (χ2v) is 5.15. The Morgan fingerprint density at radius 1 is 1.00 bits per heavy atom. The lowest BCUT2D eigenvalue weighted by molar-refractivity contribution is -0.274. The second kappa shape index (κ2) is 7.72. The van der Waals surface area contributed by atoms with E-state index in [1.165, 1.54) is 24.3 Å². The fraction of sp³-hybridized carbons (Fsp3) is 0.235. The second-order valence-electron chi connectivity index (χ2n) is 5.15. The number of aryl methyl sites for hydroxylation is 1. The highest BCUT2D eigenvalue weighted by atomic mass is 19.4. The Labute approximate surface area is 137 Å². The van der Waals surface area contributed by atoms with E-state index in [2.05, 4.69) is 15.4 Å². The quantitative estimate of drug-likeness (QED) is 0.869. The summed E-state index contributed by atoms with van der Waals surface area (Å²) in [5, 5.41) is 5.37. The normalized spacial score (nSPS) is 11.0. The highest BCUT2D eigenvalue weighted by Crippen LogP contribution is 2.22. The molecule has 0 aromatic heterocycles. The smallest absolute Gasteiger partial charge is 0.406 e. The highest BCUT2D eigenvalue weighted by Gasteiger charge is 2.30. The minimum Gasteiger partial charge on any atom is -0.406 e. The van der Waals surface area contributed by atoms with Crippen LogP contribution < -0.4 is 15.4 Å². The Balaban J connectivity index is 1.78. The van der Waals surface area contributed by atoms with Gasteiger partial charge in [-0.15, -0.1) is 13.2 Å². The molecule has 0 aliphatic heterocycles. The van der Waals surface area contributed by atoms with E-state index in [1.54, 1.807) is 0 Å². The topological polar surface area (TPSA) is 50.4 Å². The van der Waals surface area contributed by atoms with E-state index in [4.69, 9.17) is 0 Å². The molecule has 0 saturated carbocycles. The van der Waals surface area contributed by atoms with E-state index >= 15 is 0 Å². The molecule has 0 aliphatic rings. The Hall–Kier alpha value is -2.70. The van der Waals surface area contributed by atoms with Crippen molar-refractivity contribution in [2.24, 2.45) is 0 Å². The van der Waals surface area contributed by atoms with E-state index in [9.17, 15) is 18.0 Å². The molecule has 0 bridgehead atoms. The van der Waals surface area contributed by atoms with Crippen LogP contribution in [0.4, 0.5) is 18.0 Å². The van der Waals surface area contributed by atoms with Crippen molar-refractivity contribution >= 4 is 6.03 Å². The number of benzene rings is 2. The Kier molecular flexibility index (Phi) is 5.68. The Morgan fingerprint density at radius 3 is 2.25 bits per heavy atom. The summed E-state index contributed by atoms with van der Waals surface area (Å²) in [6.45, 7) is 2.56. The number of rotatable bonds is 5. The van der Waals surface area contributed by atoms with Crippen molar-refractivity contribution in [3.8, 4) is 5.75 Å². The van der Waals surface area contributed by atoms with Gasteiger partial charge >= 0.3 is 12.4 Å². The summed E-state index contributed by atoms with van der Waals surface area (Å²) in [5.41, 5.74) is 2.76. The number of urea groups is 1. The lowest BCUT2D eigenvalue weighted by Gasteiger charge is -2.11. The summed E-state index contributed by atoms with van der Waals surface area (Å²) in [4.78, 5) is 11.8. The zero-order valence-corrected chi connectivity index (χ0v) is 13.0. The zero-order chi connectivity index (χ0) is 17.6. The molecule has 2 aromatic carbocycles. The van der Waals surface area contributed by atoms with E-state index in [-0.39, 0.29) is 18.3 Å².